The summed E-state index contributed by atoms with van der Waals surface area (Å²) in [6.45, 7) is 7.32. The third kappa shape index (κ3) is 4.77. The van der Waals surface area contributed by atoms with Gasteiger partial charge in [-0.3, -0.25) is 18.8 Å². The van der Waals surface area contributed by atoms with E-state index in [2.05, 4.69) is 4.98 Å². The summed E-state index contributed by atoms with van der Waals surface area (Å²) in [7, 11) is 0. The van der Waals surface area contributed by atoms with Crippen molar-refractivity contribution in [1.82, 2.24) is 9.38 Å². The zero-order valence-electron chi connectivity index (χ0n) is 19.4. The number of carbonyl (C=O) groups is 1. The van der Waals surface area contributed by atoms with E-state index in [1.807, 2.05) is 38.1 Å². The van der Waals surface area contributed by atoms with E-state index in [1.165, 1.54) is 11.3 Å². The van der Waals surface area contributed by atoms with Gasteiger partial charge in [-0.25, -0.2) is 0 Å². The zero-order chi connectivity index (χ0) is 24.4. The predicted octanol–water partition coefficient (Wildman–Crippen LogP) is 3.20. The van der Waals surface area contributed by atoms with Gasteiger partial charge in [0.2, 0.25) is 4.96 Å². The van der Waals surface area contributed by atoms with Crippen molar-refractivity contribution < 1.29 is 14.3 Å². The molecule has 7 nitrogen and oxygen atoms in total. The van der Waals surface area contributed by atoms with Crippen LogP contribution in [-0.4, -0.2) is 22.0 Å². The number of esters is 1. The van der Waals surface area contributed by atoms with Crippen LogP contribution >= 0.6 is 11.3 Å². The first-order valence-electron chi connectivity index (χ1n) is 10.8. The monoisotopic (exact) mass is 476 g/mol. The van der Waals surface area contributed by atoms with Crippen LogP contribution in [0.15, 0.2) is 52.1 Å². The lowest BCUT2D eigenvalue weighted by molar-refractivity contribution is -0.132. The molecule has 0 aliphatic carbocycles. The van der Waals surface area contributed by atoms with Crippen LogP contribution in [0.2, 0.25) is 0 Å². The molecule has 4 aromatic rings. The van der Waals surface area contributed by atoms with E-state index in [0.717, 1.165) is 22.5 Å². The number of hydrogen-bond donors (Lipinski definition) is 0. The highest BCUT2D eigenvalue weighted by atomic mass is 32.1. The van der Waals surface area contributed by atoms with Crippen LogP contribution in [0, 0.1) is 13.8 Å². The number of ether oxygens (including phenoxy) is 2. The predicted molar refractivity (Wildman–Crippen MR) is 132 cm³/mol. The summed E-state index contributed by atoms with van der Waals surface area (Å²) in [6, 6.07) is 13.0. The van der Waals surface area contributed by atoms with Crippen LogP contribution in [0.4, 0.5) is 0 Å². The Bertz CT molecular complexity index is 1550. The van der Waals surface area contributed by atoms with E-state index in [0.29, 0.717) is 50.8 Å². The maximum Gasteiger partial charge on any atom is 0.308 e. The number of aryl methyl sites for hydroxylation is 2. The van der Waals surface area contributed by atoms with Crippen molar-refractivity contribution >= 4 is 28.3 Å². The molecule has 4 rings (SSSR count). The van der Waals surface area contributed by atoms with Crippen molar-refractivity contribution in [2.75, 3.05) is 6.61 Å². The largest absolute Gasteiger partial charge is 0.490 e. The quantitative estimate of drug-likeness (QED) is 0.314. The molecule has 174 valence electrons. The lowest BCUT2D eigenvalue weighted by atomic mass is 10.0. The summed E-state index contributed by atoms with van der Waals surface area (Å²) in [5.41, 5.74) is 3.36. The van der Waals surface area contributed by atoms with Gasteiger partial charge in [-0.05, 0) is 50.1 Å². The molecule has 0 bridgehead atoms. The topological polar surface area (TPSA) is 87.0 Å². The number of benzene rings is 2. The molecule has 0 aliphatic heterocycles. The Hall–Kier alpha value is -3.78. The normalized spacial score (nSPS) is 11.7. The molecule has 34 heavy (non-hydrogen) atoms. The second kappa shape index (κ2) is 9.61. The van der Waals surface area contributed by atoms with Crippen molar-refractivity contribution in [2.24, 2.45) is 0 Å². The number of thiazole rings is 1. The molecular formula is C26H24N2O5S. The lowest BCUT2D eigenvalue weighted by Crippen LogP contribution is -2.27. The minimum Gasteiger partial charge on any atom is -0.490 e. The summed E-state index contributed by atoms with van der Waals surface area (Å²) in [6.07, 6.45) is 2.12. The Labute approximate surface area is 199 Å². The number of hydrogen-bond acceptors (Lipinski definition) is 7. The third-order valence-electron chi connectivity index (χ3n) is 5.35. The fraction of sp³-hybridized carbons (Fsp3) is 0.231. The van der Waals surface area contributed by atoms with E-state index < -0.39 is 5.97 Å². The fourth-order valence-corrected chi connectivity index (χ4v) is 4.69. The first-order valence-corrected chi connectivity index (χ1v) is 11.7. The maximum atomic E-state index is 13.2. The van der Waals surface area contributed by atoms with Gasteiger partial charge in [-0.2, -0.15) is 4.98 Å². The Balaban J connectivity index is 1.79. The van der Waals surface area contributed by atoms with Gasteiger partial charge >= 0.3 is 5.97 Å². The van der Waals surface area contributed by atoms with Crippen LogP contribution in [0.25, 0.3) is 11.0 Å². The van der Waals surface area contributed by atoms with Crippen LogP contribution in [0.5, 0.6) is 11.5 Å². The highest BCUT2D eigenvalue weighted by molar-refractivity contribution is 7.15. The molecule has 0 aliphatic rings. The molecular weight excluding hydrogens is 452 g/mol. The van der Waals surface area contributed by atoms with Gasteiger partial charge in [-0.15, -0.1) is 0 Å². The fourth-order valence-electron chi connectivity index (χ4n) is 3.68. The average Bonchev–Trinajstić information content (AvgIpc) is 3.09. The molecule has 2 heterocycles. The number of rotatable bonds is 6. The van der Waals surface area contributed by atoms with Crippen LogP contribution in [-0.2, 0) is 11.2 Å². The first-order chi connectivity index (χ1) is 16.3. The highest BCUT2D eigenvalue weighted by Crippen LogP contribution is 2.29. The summed E-state index contributed by atoms with van der Waals surface area (Å²) >= 11 is 1.16. The molecule has 0 fully saturated rings. The smallest absolute Gasteiger partial charge is 0.308 e. The van der Waals surface area contributed by atoms with Gasteiger partial charge in [0, 0.05) is 24.6 Å². The van der Waals surface area contributed by atoms with Gasteiger partial charge in [-0.1, -0.05) is 47.2 Å². The van der Waals surface area contributed by atoms with Crippen molar-refractivity contribution in [1.29, 1.82) is 0 Å². The number of nitrogens with zero attached hydrogens (tertiary/aromatic N) is 2. The van der Waals surface area contributed by atoms with Gasteiger partial charge in [0.25, 0.3) is 11.1 Å². The number of fused-ring (bicyclic) bond motifs is 1. The molecule has 0 saturated carbocycles. The molecule has 0 amide bonds. The second-order valence-corrected chi connectivity index (χ2v) is 8.92. The summed E-state index contributed by atoms with van der Waals surface area (Å²) in [5, 5.41) is 0. The minimum absolute atomic E-state index is 0.239. The van der Waals surface area contributed by atoms with Crippen molar-refractivity contribution in [3.63, 3.8) is 0 Å². The molecule has 0 atom stereocenters. The molecule has 0 N–H and O–H groups in total. The highest BCUT2D eigenvalue weighted by Gasteiger charge is 2.15. The van der Waals surface area contributed by atoms with Gasteiger partial charge < -0.3 is 9.47 Å². The van der Waals surface area contributed by atoms with Gasteiger partial charge in [0.15, 0.2) is 11.5 Å². The molecule has 8 heteroatoms. The lowest BCUT2D eigenvalue weighted by Gasteiger charge is -2.10. The molecule has 0 radical (unpaired) electrons. The maximum absolute atomic E-state index is 13.2. The molecule has 2 aromatic heterocycles. The standard InChI is InChI=1S/C26H24N2O5S/c1-5-32-22-13-19(10-11-21(22)33-17(4)29)14-23-25(31)28-16(3)20(24(30)27-26(28)34-23)12-18-8-6-15(2)7-9-18/h6-11,13-14H,5,12H2,1-4H3. The SMILES string of the molecule is CCOc1cc(C=c2sc3nc(=O)c(Cc4ccc(C)cc4)c(C)n3c2=O)ccc1OC(C)=O. The van der Waals surface area contributed by atoms with Gasteiger partial charge in [0.1, 0.15) is 0 Å². The summed E-state index contributed by atoms with van der Waals surface area (Å²) in [4.78, 5) is 41.9. The van der Waals surface area contributed by atoms with Gasteiger partial charge in [0.05, 0.1) is 11.1 Å². The van der Waals surface area contributed by atoms with E-state index in [-0.39, 0.29) is 11.1 Å². The van der Waals surface area contributed by atoms with Crippen molar-refractivity contribution in [3.05, 3.63) is 95.7 Å². The minimum atomic E-state index is -0.447. The van der Waals surface area contributed by atoms with Crippen LogP contribution < -0.4 is 25.1 Å². The first kappa shape index (κ1) is 23.4. The molecule has 0 saturated heterocycles. The van der Waals surface area contributed by atoms with Crippen LogP contribution in [0.3, 0.4) is 0 Å². The number of carbonyl (C=O) groups excluding carboxylic acids is 1. The summed E-state index contributed by atoms with van der Waals surface area (Å²) in [5.74, 6) is 0.273. The van der Waals surface area contributed by atoms with E-state index in [9.17, 15) is 14.4 Å². The summed E-state index contributed by atoms with van der Waals surface area (Å²) < 4.78 is 12.7. The third-order valence-corrected chi connectivity index (χ3v) is 6.32. The Morgan fingerprint density at radius 2 is 1.82 bits per heavy atom. The van der Waals surface area contributed by atoms with E-state index in [4.69, 9.17) is 9.47 Å². The molecule has 0 unspecified atom stereocenters. The van der Waals surface area contributed by atoms with E-state index in [1.54, 1.807) is 31.2 Å². The Morgan fingerprint density at radius 3 is 2.50 bits per heavy atom. The van der Waals surface area contributed by atoms with Crippen molar-refractivity contribution in [2.45, 2.75) is 34.1 Å². The number of aromatic nitrogens is 2. The second-order valence-electron chi connectivity index (χ2n) is 7.91. The van der Waals surface area contributed by atoms with Crippen molar-refractivity contribution in [3.8, 4) is 11.5 Å². The zero-order valence-corrected chi connectivity index (χ0v) is 20.2. The molecule has 2 aromatic carbocycles. The van der Waals surface area contributed by atoms with Crippen LogP contribution in [0.1, 0.15) is 41.8 Å². The molecule has 0 spiro atoms. The Morgan fingerprint density at radius 1 is 1.09 bits per heavy atom. The average molecular weight is 477 g/mol. The Kier molecular flexibility index (Phi) is 6.61. The van der Waals surface area contributed by atoms with E-state index >= 15 is 0 Å².